The molecule has 16 rings (SSSR count). The lowest BCUT2D eigenvalue weighted by molar-refractivity contribution is 1.16. The summed E-state index contributed by atoms with van der Waals surface area (Å²) in [4.78, 5) is 11.1. The molecule has 5 nitrogen and oxygen atoms in total. The lowest BCUT2D eigenvalue weighted by atomic mass is 9.97. The Kier molecular flexibility index (Phi) is 10.8. The van der Waals surface area contributed by atoms with Crippen LogP contribution in [0.3, 0.4) is 0 Å². The van der Waals surface area contributed by atoms with Crippen LogP contribution in [0.2, 0.25) is 0 Å². The van der Waals surface area contributed by atoms with Crippen LogP contribution in [0.4, 0.5) is 0 Å². The fraction of sp³-hybridized carbons (Fsp3) is 0. The minimum atomic E-state index is 0.653. The van der Waals surface area contributed by atoms with Crippen LogP contribution >= 0.6 is 0 Å². The molecule has 0 N–H and O–H groups in total. The van der Waals surface area contributed by atoms with Gasteiger partial charge in [-0.15, -0.1) is 0 Å². The molecule has 0 amide bonds. The number of hydrogen-bond donors (Lipinski definition) is 0. The molecule has 0 radical (unpaired) electrons. The van der Waals surface area contributed by atoms with E-state index in [1.165, 1.54) is 48.9 Å². The molecular formula is C76H49N5. The molecule has 0 bridgehead atoms. The van der Waals surface area contributed by atoms with E-state index in [2.05, 4.69) is 311 Å². The molecule has 0 saturated carbocycles. The predicted molar refractivity (Wildman–Crippen MR) is 338 cm³/mol. The maximum atomic E-state index is 5.58. The maximum absolute atomic E-state index is 5.58. The van der Waals surface area contributed by atoms with E-state index in [4.69, 9.17) is 9.97 Å². The third-order valence-corrected chi connectivity index (χ3v) is 16.2. The van der Waals surface area contributed by atoms with Crippen molar-refractivity contribution < 1.29 is 0 Å². The van der Waals surface area contributed by atoms with Crippen LogP contribution in [-0.4, -0.2) is 23.7 Å². The minimum Gasteiger partial charge on any atom is -0.309 e. The largest absolute Gasteiger partial charge is 0.309 e. The monoisotopic (exact) mass is 1030 g/mol. The molecule has 4 aromatic heterocycles. The topological polar surface area (TPSA) is 40.6 Å². The fourth-order valence-corrected chi connectivity index (χ4v) is 12.5. The van der Waals surface area contributed by atoms with E-state index in [9.17, 15) is 0 Å². The number of aromatic nitrogens is 5. The Hall–Kier alpha value is -10.9. The van der Waals surface area contributed by atoms with Crippen LogP contribution in [0.25, 0.3) is 150 Å². The average Bonchev–Trinajstić information content (AvgIpc) is 4.38. The summed E-state index contributed by atoms with van der Waals surface area (Å²) >= 11 is 0. The average molecular weight is 1030 g/mol. The van der Waals surface area contributed by atoms with E-state index < -0.39 is 0 Å². The van der Waals surface area contributed by atoms with Crippen molar-refractivity contribution in [3.8, 4) is 84.3 Å². The first kappa shape index (κ1) is 46.2. The molecule has 378 valence electrons. The van der Waals surface area contributed by atoms with Crippen molar-refractivity contribution in [2.75, 3.05) is 0 Å². The molecule has 0 spiro atoms. The Bertz CT molecular complexity index is 5000. The predicted octanol–water partition coefficient (Wildman–Crippen LogP) is 19.8. The van der Waals surface area contributed by atoms with Gasteiger partial charge in [-0.25, -0.2) is 9.97 Å². The van der Waals surface area contributed by atoms with Gasteiger partial charge in [-0.1, -0.05) is 194 Å². The molecule has 5 heteroatoms. The van der Waals surface area contributed by atoms with Gasteiger partial charge in [0, 0.05) is 66.1 Å². The maximum Gasteiger partial charge on any atom is 0.160 e. The van der Waals surface area contributed by atoms with E-state index in [1.807, 2.05) is 0 Å². The number of nitrogens with zero attached hydrogens (tertiary/aromatic N) is 5. The fourth-order valence-electron chi connectivity index (χ4n) is 12.5. The van der Waals surface area contributed by atoms with Gasteiger partial charge in [0.2, 0.25) is 0 Å². The van der Waals surface area contributed by atoms with Crippen molar-refractivity contribution in [1.29, 1.82) is 0 Å². The third-order valence-electron chi connectivity index (χ3n) is 16.2. The van der Waals surface area contributed by atoms with Crippen molar-refractivity contribution >= 4 is 65.4 Å². The summed E-state index contributed by atoms with van der Waals surface area (Å²) < 4.78 is 7.16. The van der Waals surface area contributed by atoms with Gasteiger partial charge < -0.3 is 13.7 Å². The zero-order valence-corrected chi connectivity index (χ0v) is 44.0. The molecule has 12 aromatic carbocycles. The highest BCUT2D eigenvalue weighted by Gasteiger charge is 2.20. The summed E-state index contributed by atoms with van der Waals surface area (Å²) in [7, 11) is 0. The first-order valence-corrected chi connectivity index (χ1v) is 27.6. The second kappa shape index (κ2) is 18.9. The zero-order valence-electron chi connectivity index (χ0n) is 44.0. The van der Waals surface area contributed by atoms with Crippen molar-refractivity contribution in [2.24, 2.45) is 0 Å². The number of rotatable bonds is 9. The molecule has 0 aliphatic rings. The molecule has 0 aliphatic carbocycles. The van der Waals surface area contributed by atoms with Crippen molar-refractivity contribution in [3.63, 3.8) is 0 Å². The van der Waals surface area contributed by atoms with Gasteiger partial charge in [0.1, 0.15) is 0 Å². The summed E-state index contributed by atoms with van der Waals surface area (Å²) in [6, 6.07) is 107. The minimum absolute atomic E-state index is 0.653. The van der Waals surface area contributed by atoms with Crippen LogP contribution in [-0.2, 0) is 0 Å². The molecule has 0 aliphatic heterocycles. The van der Waals surface area contributed by atoms with Gasteiger partial charge >= 0.3 is 0 Å². The van der Waals surface area contributed by atoms with E-state index in [1.54, 1.807) is 0 Å². The normalized spacial score (nSPS) is 11.7. The van der Waals surface area contributed by atoms with E-state index in [-0.39, 0.29) is 0 Å². The Morgan fingerprint density at radius 2 is 0.543 bits per heavy atom. The summed E-state index contributed by atoms with van der Waals surface area (Å²) in [5.74, 6) is 0.653. The Labute approximate surface area is 468 Å². The second-order valence-corrected chi connectivity index (χ2v) is 21.0. The van der Waals surface area contributed by atoms with E-state index >= 15 is 0 Å². The zero-order chi connectivity index (χ0) is 53.4. The van der Waals surface area contributed by atoms with Crippen LogP contribution in [0.15, 0.2) is 297 Å². The molecule has 0 atom stereocenters. The van der Waals surface area contributed by atoms with Crippen molar-refractivity contribution in [2.45, 2.75) is 0 Å². The molecular weight excluding hydrogens is 983 g/mol. The first-order chi connectivity index (χ1) is 40.1. The third kappa shape index (κ3) is 7.85. The Morgan fingerprint density at radius 3 is 1.11 bits per heavy atom. The van der Waals surface area contributed by atoms with Gasteiger partial charge in [-0.05, 0) is 137 Å². The Morgan fingerprint density at radius 1 is 0.185 bits per heavy atom. The van der Waals surface area contributed by atoms with E-state index in [0.29, 0.717) is 5.82 Å². The molecule has 0 fully saturated rings. The van der Waals surface area contributed by atoms with Gasteiger partial charge in [0.05, 0.1) is 44.5 Å². The molecule has 0 unspecified atom stereocenters. The van der Waals surface area contributed by atoms with E-state index in [0.717, 1.165) is 95.1 Å². The van der Waals surface area contributed by atoms with Crippen LogP contribution in [0.1, 0.15) is 0 Å². The summed E-state index contributed by atoms with van der Waals surface area (Å²) in [5, 5.41) is 7.32. The smallest absolute Gasteiger partial charge is 0.160 e. The second-order valence-electron chi connectivity index (χ2n) is 21.0. The molecule has 16 aromatic rings. The molecule has 81 heavy (non-hydrogen) atoms. The van der Waals surface area contributed by atoms with Crippen LogP contribution in [0.5, 0.6) is 0 Å². The standard InChI is InChI=1S/C76H49N5/c1-3-19-50(20-4-1)53-22-18-24-56(44-53)76-77-68(55-23-17-21-52(43-55)51-37-40-60(41-38-51)80-70-32-12-7-27-62(70)63-28-8-13-33-71(63)80)49-69(78-76)58-45-57(46-61(47-58)81-72-34-14-9-29-64(72)65-30-10-15-35-73(65)81)54-39-42-75-67(48-54)66-31-11-16-36-74(66)79(75)59-25-5-2-6-26-59/h1-49H. The first-order valence-electron chi connectivity index (χ1n) is 27.6. The molecule has 0 saturated heterocycles. The van der Waals surface area contributed by atoms with Crippen LogP contribution in [0, 0.1) is 0 Å². The highest BCUT2D eigenvalue weighted by molar-refractivity contribution is 6.12. The molecule has 4 heterocycles. The number of hydrogen-bond acceptors (Lipinski definition) is 2. The van der Waals surface area contributed by atoms with Crippen molar-refractivity contribution in [1.82, 2.24) is 23.7 Å². The van der Waals surface area contributed by atoms with Gasteiger partial charge in [0.25, 0.3) is 0 Å². The van der Waals surface area contributed by atoms with Crippen LogP contribution < -0.4 is 0 Å². The summed E-state index contributed by atoms with van der Waals surface area (Å²) in [5.41, 5.74) is 21.6. The highest BCUT2D eigenvalue weighted by Crippen LogP contribution is 2.41. The SMILES string of the molecule is c1ccc(-c2cccc(-c3nc(-c4cccc(-c5ccc(-n6c7ccccc7c7ccccc76)cc5)c4)cc(-c4cc(-c5ccc6c(c5)c5ccccc5n6-c5ccccc5)cc(-n5c6ccccc6c6ccccc65)c4)n3)c2)cc1. The number of fused-ring (bicyclic) bond motifs is 9. The quantitative estimate of drug-likeness (QED) is 0.145. The summed E-state index contributed by atoms with van der Waals surface area (Å²) in [6.45, 7) is 0. The van der Waals surface area contributed by atoms with Gasteiger partial charge in [-0.2, -0.15) is 0 Å². The Balaban J connectivity index is 0.887. The summed E-state index contributed by atoms with van der Waals surface area (Å²) in [6.07, 6.45) is 0. The highest BCUT2D eigenvalue weighted by atomic mass is 15.0. The van der Waals surface area contributed by atoms with Crippen molar-refractivity contribution in [3.05, 3.63) is 297 Å². The number of benzene rings is 12. The lowest BCUT2D eigenvalue weighted by Crippen LogP contribution is -1.99. The number of para-hydroxylation sites is 6. The van der Waals surface area contributed by atoms with Gasteiger partial charge in [-0.3, -0.25) is 0 Å². The lowest BCUT2D eigenvalue weighted by Gasteiger charge is -2.16. The van der Waals surface area contributed by atoms with Gasteiger partial charge in [0.15, 0.2) is 5.82 Å².